The molecular weight excluding hydrogens is 278 g/mol. The molecule has 3 heteroatoms. The number of benzene rings is 1. The zero-order valence-corrected chi connectivity index (χ0v) is 14.0. The van der Waals surface area contributed by atoms with Gasteiger partial charge in [-0.1, -0.05) is 19.1 Å². The monoisotopic (exact) mass is 303 g/mol. The van der Waals surface area contributed by atoms with E-state index in [0.29, 0.717) is 6.04 Å². The largest absolute Gasteiger partial charge is 0.496 e. The number of thiophene rings is 1. The van der Waals surface area contributed by atoms with Gasteiger partial charge in [0.05, 0.1) is 7.11 Å². The summed E-state index contributed by atoms with van der Waals surface area (Å²) in [5, 5.41) is 8.08. The highest BCUT2D eigenvalue weighted by molar-refractivity contribution is 7.07. The van der Waals surface area contributed by atoms with E-state index < -0.39 is 0 Å². The van der Waals surface area contributed by atoms with Gasteiger partial charge in [-0.2, -0.15) is 11.3 Å². The molecule has 0 aliphatic heterocycles. The van der Waals surface area contributed by atoms with Crippen LogP contribution in [0.4, 0.5) is 0 Å². The smallest absolute Gasteiger partial charge is 0.121 e. The summed E-state index contributed by atoms with van der Waals surface area (Å²) >= 11 is 1.78. The zero-order valence-electron chi connectivity index (χ0n) is 13.2. The third kappa shape index (κ3) is 4.58. The Labute approximate surface area is 132 Å². The molecule has 0 radical (unpaired) electrons. The predicted molar refractivity (Wildman–Crippen MR) is 91.4 cm³/mol. The van der Waals surface area contributed by atoms with Gasteiger partial charge in [0.1, 0.15) is 5.75 Å². The SMILES string of the molecule is CCCNC(CCc1ccsc1)c1ccc(OC)c(C)c1. The van der Waals surface area contributed by atoms with Crippen LogP contribution in [-0.4, -0.2) is 13.7 Å². The maximum absolute atomic E-state index is 5.36. The van der Waals surface area contributed by atoms with Gasteiger partial charge in [-0.25, -0.2) is 0 Å². The van der Waals surface area contributed by atoms with Crippen molar-refractivity contribution in [1.29, 1.82) is 0 Å². The first-order valence-corrected chi connectivity index (χ1v) is 8.58. The minimum Gasteiger partial charge on any atom is -0.496 e. The molecule has 0 aliphatic carbocycles. The Bertz CT molecular complexity index is 536. The maximum atomic E-state index is 5.36. The van der Waals surface area contributed by atoms with Crippen LogP contribution in [0.2, 0.25) is 0 Å². The summed E-state index contributed by atoms with van der Waals surface area (Å²) in [6.45, 7) is 5.37. The number of rotatable bonds is 8. The van der Waals surface area contributed by atoms with Crippen molar-refractivity contribution in [1.82, 2.24) is 5.32 Å². The Morgan fingerprint density at radius 1 is 1.29 bits per heavy atom. The van der Waals surface area contributed by atoms with Gasteiger partial charge in [-0.3, -0.25) is 0 Å². The van der Waals surface area contributed by atoms with Crippen molar-refractivity contribution in [3.63, 3.8) is 0 Å². The van der Waals surface area contributed by atoms with E-state index in [1.165, 1.54) is 16.7 Å². The molecule has 0 saturated heterocycles. The average molecular weight is 303 g/mol. The van der Waals surface area contributed by atoms with Crippen molar-refractivity contribution in [3.05, 3.63) is 51.7 Å². The van der Waals surface area contributed by atoms with Gasteiger partial charge in [0.25, 0.3) is 0 Å². The number of ether oxygens (including phenoxy) is 1. The van der Waals surface area contributed by atoms with E-state index in [9.17, 15) is 0 Å². The Morgan fingerprint density at radius 2 is 2.14 bits per heavy atom. The summed E-state index contributed by atoms with van der Waals surface area (Å²) in [4.78, 5) is 0. The summed E-state index contributed by atoms with van der Waals surface area (Å²) in [5.74, 6) is 0.964. The predicted octanol–water partition coefficient (Wildman–Crippen LogP) is 4.74. The molecule has 0 amide bonds. The van der Waals surface area contributed by atoms with Crippen LogP contribution >= 0.6 is 11.3 Å². The number of nitrogens with one attached hydrogen (secondary N) is 1. The molecule has 21 heavy (non-hydrogen) atoms. The van der Waals surface area contributed by atoms with E-state index in [-0.39, 0.29) is 0 Å². The van der Waals surface area contributed by atoms with E-state index in [2.05, 4.69) is 54.2 Å². The van der Waals surface area contributed by atoms with Crippen molar-refractivity contribution >= 4 is 11.3 Å². The highest BCUT2D eigenvalue weighted by atomic mass is 32.1. The fourth-order valence-corrected chi connectivity index (χ4v) is 3.27. The fourth-order valence-electron chi connectivity index (χ4n) is 2.57. The van der Waals surface area contributed by atoms with Crippen LogP contribution in [0.3, 0.4) is 0 Å². The molecule has 1 N–H and O–H groups in total. The van der Waals surface area contributed by atoms with Crippen LogP contribution in [0.25, 0.3) is 0 Å². The second kappa shape index (κ2) is 8.20. The molecule has 0 fully saturated rings. The van der Waals surface area contributed by atoms with Gasteiger partial charge in [-0.15, -0.1) is 0 Å². The molecule has 0 bridgehead atoms. The van der Waals surface area contributed by atoms with Gasteiger partial charge in [-0.05, 0) is 72.3 Å². The molecule has 1 unspecified atom stereocenters. The Hall–Kier alpha value is -1.32. The standard InChI is InChI=1S/C18H25NOS/c1-4-10-19-17(7-5-15-9-11-21-13-15)16-6-8-18(20-3)14(2)12-16/h6,8-9,11-13,17,19H,4-5,7,10H2,1-3H3. The van der Waals surface area contributed by atoms with E-state index in [1.54, 1.807) is 18.4 Å². The number of hydrogen-bond acceptors (Lipinski definition) is 3. The third-order valence-corrected chi connectivity index (χ3v) is 4.50. The van der Waals surface area contributed by atoms with Crippen LogP contribution < -0.4 is 10.1 Å². The van der Waals surface area contributed by atoms with Crippen molar-refractivity contribution < 1.29 is 4.74 Å². The van der Waals surface area contributed by atoms with Gasteiger partial charge < -0.3 is 10.1 Å². The highest BCUT2D eigenvalue weighted by Gasteiger charge is 2.12. The molecule has 0 saturated carbocycles. The Balaban J connectivity index is 2.08. The number of hydrogen-bond donors (Lipinski definition) is 1. The van der Waals surface area contributed by atoms with Crippen LogP contribution in [0.1, 0.15) is 42.5 Å². The minimum absolute atomic E-state index is 0.412. The second-order valence-electron chi connectivity index (χ2n) is 5.41. The second-order valence-corrected chi connectivity index (χ2v) is 6.19. The Kier molecular flexibility index (Phi) is 6.27. The fraction of sp³-hybridized carbons (Fsp3) is 0.444. The molecule has 0 aliphatic rings. The van der Waals surface area contributed by atoms with E-state index >= 15 is 0 Å². The summed E-state index contributed by atoms with van der Waals surface area (Å²) < 4.78 is 5.36. The van der Waals surface area contributed by atoms with E-state index in [0.717, 1.165) is 31.6 Å². The van der Waals surface area contributed by atoms with Gasteiger partial charge in [0.15, 0.2) is 0 Å². The van der Waals surface area contributed by atoms with Crippen LogP contribution in [-0.2, 0) is 6.42 Å². The molecule has 1 atom stereocenters. The van der Waals surface area contributed by atoms with Crippen LogP contribution in [0.5, 0.6) is 5.75 Å². The number of aryl methyl sites for hydroxylation is 2. The summed E-state index contributed by atoms with van der Waals surface area (Å²) in [5.41, 5.74) is 4.00. The third-order valence-electron chi connectivity index (χ3n) is 3.76. The lowest BCUT2D eigenvalue weighted by Gasteiger charge is -2.20. The van der Waals surface area contributed by atoms with Crippen molar-refractivity contribution in [2.75, 3.05) is 13.7 Å². The minimum atomic E-state index is 0.412. The molecule has 114 valence electrons. The average Bonchev–Trinajstić information content (AvgIpc) is 3.00. The maximum Gasteiger partial charge on any atom is 0.121 e. The lowest BCUT2D eigenvalue weighted by molar-refractivity contribution is 0.411. The highest BCUT2D eigenvalue weighted by Crippen LogP contribution is 2.25. The van der Waals surface area contributed by atoms with Crippen molar-refractivity contribution in [2.24, 2.45) is 0 Å². The summed E-state index contributed by atoms with van der Waals surface area (Å²) in [6.07, 6.45) is 3.41. The van der Waals surface area contributed by atoms with Gasteiger partial charge in [0, 0.05) is 6.04 Å². The first-order valence-electron chi connectivity index (χ1n) is 7.63. The molecule has 2 aromatic rings. The van der Waals surface area contributed by atoms with Crippen LogP contribution in [0.15, 0.2) is 35.0 Å². The number of methoxy groups -OCH3 is 1. The quantitative estimate of drug-likeness (QED) is 0.760. The van der Waals surface area contributed by atoms with Crippen molar-refractivity contribution in [3.8, 4) is 5.75 Å². The topological polar surface area (TPSA) is 21.3 Å². The van der Waals surface area contributed by atoms with Crippen molar-refractivity contribution in [2.45, 2.75) is 39.2 Å². The molecule has 0 spiro atoms. The van der Waals surface area contributed by atoms with Gasteiger partial charge >= 0.3 is 0 Å². The van der Waals surface area contributed by atoms with E-state index in [4.69, 9.17) is 4.74 Å². The van der Waals surface area contributed by atoms with Crippen LogP contribution in [0, 0.1) is 6.92 Å². The summed E-state index contributed by atoms with van der Waals surface area (Å²) in [6, 6.07) is 9.15. The molecule has 2 rings (SSSR count). The lowest BCUT2D eigenvalue weighted by Crippen LogP contribution is -2.22. The first-order chi connectivity index (χ1) is 10.2. The molecule has 1 aromatic carbocycles. The molecule has 2 nitrogen and oxygen atoms in total. The first kappa shape index (κ1) is 16.1. The Morgan fingerprint density at radius 3 is 2.76 bits per heavy atom. The molecular formula is C18H25NOS. The summed E-state index contributed by atoms with van der Waals surface area (Å²) in [7, 11) is 1.73. The normalized spacial score (nSPS) is 12.3. The van der Waals surface area contributed by atoms with Gasteiger partial charge in [0.2, 0.25) is 0 Å². The van der Waals surface area contributed by atoms with E-state index in [1.807, 2.05) is 0 Å². The molecule has 1 aromatic heterocycles. The lowest BCUT2D eigenvalue weighted by atomic mass is 9.98. The zero-order chi connectivity index (χ0) is 15.1. The molecule has 1 heterocycles.